The third-order valence-electron chi connectivity index (χ3n) is 3.70. The van der Waals surface area contributed by atoms with Crippen molar-refractivity contribution in [3.05, 3.63) is 11.6 Å². The molecule has 0 aromatic carbocycles. The van der Waals surface area contributed by atoms with Crippen LogP contribution in [0.5, 0.6) is 0 Å². The Labute approximate surface area is 103 Å². The highest BCUT2D eigenvalue weighted by Gasteiger charge is 2.37. The fourth-order valence-corrected chi connectivity index (χ4v) is 2.43. The summed E-state index contributed by atoms with van der Waals surface area (Å²) in [5.74, 6) is 0.630. The lowest BCUT2D eigenvalue weighted by Gasteiger charge is -2.37. The smallest absolute Gasteiger partial charge is 0.191 e. The molecule has 0 rings (SSSR count). The molecule has 0 unspecified atom stereocenters. The van der Waals surface area contributed by atoms with Gasteiger partial charge in [-0.2, -0.15) is 0 Å². The summed E-state index contributed by atoms with van der Waals surface area (Å²) in [4.78, 5) is 0. The van der Waals surface area contributed by atoms with E-state index in [4.69, 9.17) is 4.43 Å². The molecule has 0 aliphatic rings. The third-order valence-corrected chi connectivity index (χ3v) is 8.20. The first-order valence-corrected chi connectivity index (χ1v) is 9.26. The Morgan fingerprint density at radius 2 is 1.81 bits per heavy atom. The van der Waals surface area contributed by atoms with E-state index >= 15 is 0 Å². The van der Waals surface area contributed by atoms with Crippen LogP contribution in [0.3, 0.4) is 0 Å². The van der Waals surface area contributed by atoms with Crippen molar-refractivity contribution in [2.75, 3.05) is 6.61 Å². The van der Waals surface area contributed by atoms with Crippen LogP contribution >= 0.6 is 0 Å². The lowest BCUT2D eigenvalue weighted by Crippen LogP contribution is -2.41. The second kappa shape index (κ2) is 6.01. The average molecular weight is 242 g/mol. The molecule has 0 aliphatic heterocycles. The molecule has 1 nitrogen and oxygen atoms in total. The molecule has 0 N–H and O–H groups in total. The van der Waals surface area contributed by atoms with Crippen LogP contribution in [0.15, 0.2) is 11.6 Å². The molecule has 96 valence electrons. The highest BCUT2D eigenvalue weighted by Crippen LogP contribution is 2.36. The van der Waals surface area contributed by atoms with Crippen LogP contribution in [-0.2, 0) is 4.43 Å². The lowest BCUT2D eigenvalue weighted by molar-refractivity contribution is 0.237. The SMILES string of the molecule is C/C=C(\C)C[C@@H](C)CO[Si](C)(C)C(C)(C)C. The summed E-state index contributed by atoms with van der Waals surface area (Å²) in [6.45, 7) is 19.0. The minimum Gasteiger partial charge on any atom is -0.417 e. The molecule has 16 heavy (non-hydrogen) atoms. The van der Waals surface area contributed by atoms with Crippen molar-refractivity contribution in [1.82, 2.24) is 0 Å². The summed E-state index contributed by atoms with van der Waals surface area (Å²) < 4.78 is 6.21. The molecule has 0 saturated heterocycles. The van der Waals surface area contributed by atoms with Gasteiger partial charge in [0.15, 0.2) is 8.32 Å². The van der Waals surface area contributed by atoms with Crippen molar-refractivity contribution in [3.63, 3.8) is 0 Å². The van der Waals surface area contributed by atoms with Crippen molar-refractivity contribution in [2.24, 2.45) is 5.92 Å². The Bertz CT molecular complexity index is 236. The molecule has 2 heteroatoms. The van der Waals surface area contributed by atoms with Gasteiger partial charge in [-0.25, -0.2) is 0 Å². The van der Waals surface area contributed by atoms with E-state index in [2.05, 4.69) is 60.7 Å². The first-order valence-electron chi connectivity index (χ1n) is 6.36. The molecule has 0 aliphatic carbocycles. The maximum atomic E-state index is 6.21. The number of hydrogen-bond donors (Lipinski definition) is 0. The van der Waals surface area contributed by atoms with Crippen LogP contribution in [0.4, 0.5) is 0 Å². The van der Waals surface area contributed by atoms with Crippen molar-refractivity contribution in [1.29, 1.82) is 0 Å². The molecule has 0 radical (unpaired) electrons. The second-order valence-electron chi connectivity index (χ2n) is 6.52. The van der Waals surface area contributed by atoms with Gasteiger partial charge < -0.3 is 4.43 Å². The topological polar surface area (TPSA) is 9.23 Å². The van der Waals surface area contributed by atoms with Crippen LogP contribution in [0.1, 0.15) is 48.0 Å². The number of hydrogen-bond acceptors (Lipinski definition) is 1. The van der Waals surface area contributed by atoms with Gasteiger partial charge in [-0.15, -0.1) is 0 Å². The van der Waals surface area contributed by atoms with Gasteiger partial charge >= 0.3 is 0 Å². The zero-order chi connectivity index (χ0) is 13.0. The molecule has 0 heterocycles. The monoisotopic (exact) mass is 242 g/mol. The van der Waals surface area contributed by atoms with Gasteiger partial charge in [0, 0.05) is 6.61 Å². The lowest BCUT2D eigenvalue weighted by atomic mass is 10.0. The van der Waals surface area contributed by atoms with E-state index in [1.165, 1.54) is 5.57 Å². The van der Waals surface area contributed by atoms with Crippen molar-refractivity contribution >= 4 is 8.32 Å². The summed E-state index contributed by atoms with van der Waals surface area (Å²) in [6, 6.07) is 0. The van der Waals surface area contributed by atoms with E-state index in [1.54, 1.807) is 0 Å². The molecule has 0 bridgehead atoms. The van der Waals surface area contributed by atoms with E-state index in [-0.39, 0.29) is 0 Å². The van der Waals surface area contributed by atoms with Crippen LogP contribution in [0.2, 0.25) is 18.1 Å². The minimum atomic E-state index is -1.55. The maximum absolute atomic E-state index is 6.21. The van der Waals surface area contributed by atoms with Crippen LogP contribution in [0.25, 0.3) is 0 Å². The van der Waals surface area contributed by atoms with Gasteiger partial charge in [0.1, 0.15) is 0 Å². The predicted octanol–water partition coefficient (Wildman–Crippen LogP) is 5.00. The fraction of sp³-hybridized carbons (Fsp3) is 0.857. The normalized spacial score (nSPS) is 16.4. The highest BCUT2D eigenvalue weighted by atomic mass is 28.4. The van der Waals surface area contributed by atoms with Crippen molar-refractivity contribution in [3.8, 4) is 0 Å². The molecule has 0 fully saturated rings. The van der Waals surface area contributed by atoms with Crippen LogP contribution in [0, 0.1) is 5.92 Å². The standard InChI is InChI=1S/C14H30OSi/c1-9-12(2)10-13(3)11-15-16(7,8)14(4,5)6/h9,13H,10-11H2,1-8H3/b12-9+/t13-/m1/s1. The molecule has 1 atom stereocenters. The summed E-state index contributed by atoms with van der Waals surface area (Å²) in [5.41, 5.74) is 1.46. The molecule has 0 amide bonds. The molecule has 0 aromatic heterocycles. The van der Waals surface area contributed by atoms with E-state index in [0.29, 0.717) is 11.0 Å². The zero-order valence-electron chi connectivity index (χ0n) is 12.5. The van der Waals surface area contributed by atoms with Crippen LogP contribution < -0.4 is 0 Å². The van der Waals surface area contributed by atoms with Gasteiger partial charge in [-0.1, -0.05) is 39.3 Å². The highest BCUT2D eigenvalue weighted by molar-refractivity contribution is 6.74. The Balaban J connectivity index is 4.15. The number of allylic oxidation sites excluding steroid dienone is 2. The molecule has 0 saturated carbocycles. The van der Waals surface area contributed by atoms with Gasteiger partial charge in [-0.05, 0) is 44.3 Å². The van der Waals surface area contributed by atoms with E-state index < -0.39 is 8.32 Å². The molecule has 0 spiro atoms. The quantitative estimate of drug-likeness (QED) is 0.487. The first kappa shape index (κ1) is 15.9. The Morgan fingerprint density at radius 3 is 2.19 bits per heavy atom. The second-order valence-corrected chi connectivity index (χ2v) is 11.3. The zero-order valence-corrected chi connectivity index (χ0v) is 13.5. The van der Waals surface area contributed by atoms with Gasteiger partial charge in [0.05, 0.1) is 0 Å². The first-order chi connectivity index (χ1) is 7.10. The molecular weight excluding hydrogens is 212 g/mol. The van der Waals surface area contributed by atoms with Gasteiger partial charge in [-0.3, -0.25) is 0 Å². The predicted molar refractivity (Wildman–Crippen MR) is 76.4 cm³/mol. The van der Waals surface area contributed by atoms with E-state index in [0.717, 1.165) is 13.0 Å². The average Bonchev–Trinajstić information content (AvgIpc) is 2.13. The Hall–Kier alpha value is -0.0831. The number of rotatable bonds is 5. The minimum absolute atomic E-state index is 0.322. The van der Waals surface area contributed by atoms with E-state index in [9.17, 15) is 0 Å². The van der Waals surface area contributed by atoms with Gasteiger partial charge in [0.25, 0.3) is 0 Å². The van der Waals surface area contributed by atoms with E-state index in [1.807, 2.05) is 0 Å². The summed E-state index contributed by atoms with van der Waals surface area (Å²) in [5, 5.41) is 0.322. The summed E-state index contributed by atoms with van der Waals surface area (Å²) >= 11 is 0. The van der Waals surface area contributed by atoms with Crippen molar-refractivity contribution < 1.29 is 4.43 Å². The molecule has 0 aromatic rings. The summed E-state index contributed by atoms with van der Waals surface area (Å²) in [7, 11) is -1.55. The fourth-order valence-electron chi connectivity index (χ4n) is 1.29. The van der Waals surface area contributed by atoms with Crippen molar-refractivity contribution in [2.45, 2.75) is 66.1 Å². The largest absolute Gasteiger partial charge is 0.417 e. The Kier molecular flexibility index (Phi) is 5.98. The maximum Gasteiger partial charge on any atom is 0.191 e. The van der Waals surface area contributed by atoms with Gasteiger partial charge in [0.2, 0.25) is 0 Å². The third kappa shape index (κ3) is 5.31. The Morgan fingerprint density at radius 1 is 1.31 bits per heavy atom. The summed E-state index contributed by atoms with van der Waals surface area (Å²) in [6.07, 6.45) is 3.36. The molecular formula is C14H30OSi. The van der Waals surface area contributed by atoms with Crippen LogP contribution in [-0.4, -0.2) is 14.9 Å².